The smallest absolute Gasteiger partial charge is 0.142 e. The standard InChI is InChI=1S/C17H17IN2O/c1-2-3-9-21-17-16(18)10-15(11-19)13-20(17)12-14-7-5-4-6-8-14/h1,4-8,13,16-17H,3,9-10,12H2/t16-,17+/m0/s1. The Morgan fingerprint density at radius 1 is 1.38 bits per heavy atom. The average molecular weight is 392 g/mol. The Bertz CT molecular complexity index is 571. The quantitative estimate of drug-likeness (QED) is 0.333. The van der Waals surface area contributed by atoms with Gasteiger partial charge in [-0.2, -0.15) is 5.26 Å². The lowest BCUT2D eigenvalue weighted by molar-refractivity contribution is -0.0408. The summed E-state index contributed by atoms with van der Waals surface area (Å²) in [6.07, 6.45) is 8.50. The van der Waals surface area contributed by atoms with Gasteiger partial charge in [-0.1, -0.05) is 52.9 Å². The predicted molar refractivity (Wildman–Crippen MR) is 91.3 cm³/mol. The maximum Gasteiger partial charge on any atom is 0.142 e. The van der Waals surface area contributed by atoms with Crippen LogP contribution in [0.15, 0.2) is 42.1 Å². The van der Waals surface area contributed by atoms with E-state index in [1.165, 1.54) is 5.56 Å². The minimum Gasteiger partial charge on any atom is -0.356 e. The monoisotopic (exact) mass is 392 g/mol. The van der Waals surface area contributed by atoms with E-state index in [0.717, 1.165) is 18.5 Å². The Balaban J connectivity index is 2.14. The molecule has 0 amide bonds. The second-order valence-electron chi connectivity index (χ2n) is 4.86. The van der Waals surface area contributed by atoms with Crippen molar-refractivity contribution in [1.29, 1.82) is 5.26 Å². The van der Waals surface area contributed by atoms with Crippen molar-refractivity contribution < 1.29 is 4.74 Å². The zero-order valence-corrected chi connectivity index (χ0v) is 13.9. The highest BCUT2D eigenvalue weighted by atomic mass is 127. The fourth-order valence-corrected chi connectivity index (χ4v) is 3.38. The largest absolute Gasteiger partial charge is 0.356 e. The highest BCUT2D eigenvalue weighted by Gasteiger charge is 2.30. The van der Waals surface area contributed by atoms with E-state index in [0.29, 0.717) is 13.0 Å². The van der Waals surface area contributed by atoms with E-state index in [1.807, 2.05) is 24.4 Å². The van der Waals surface area contributed by atoms with Crippen LogP contribution in [0.25, 0.3) is 0 Å². The fourth-order valence-electron chi connectivity index (χ4n) is 2.29. The van der Waals surface area contributed by atoms with Crippen LogP contribution in [0, 0.1) is 23.7 Å². The number of hydrogen-bond acceptors (Lipinski definition) is 3. The summed E-state index contributed by atoms with van der Waals surface area (Å²) < 4.78 is 6.17. The molecule has 0 aromatic heterocycles. The van der Waals surface area contributed by atoms with E-state index in [2.05, 4.69) is 51.6 Å². The van der Waals surface area contributed by atoms with Crippen LogP contribution in [0.4, 0.5) is 0 Å². The van der Waals surface area contributed by atoms with Gasteiger partial charge in [-0.05, 0) is 12.0 Å². The summed E-state index contributed by atoms with van der Waals surface area (Å²) >= 11 is 2.36. The second-order valence-corrected chi connectivity index (χ2v) is 6.46. The van der Waals surface area contributed by atoms with Crippen LogP contribution in [0.3, 0.4) is 0 Å². The Labute approximate surface area is 139 Å². The summed E-state index contributed by atoms with van der Waals surface area (Å²) in [7, 11) is 0. The molecule has 0 saturated heterocycles. The number of hydrogen-bond donors (Lipinski definition) is 0. The van der Waals surface area contributed by atoms with E-state index in [4.69, 9.17) is 11.2 Å². The van der Waals surface area contributed by atoms with Crippen molar-refractivity contribution >= 4 is 22.6 Å². The second kappa shape index (κ2) is 8.07. The number of terminal acetylenes is 1. The van der Waals surface area contributed by atoms with Crippen molar-refractivity contribution in [2.45, 2.75) is 29.5 Å². The highest BCUT2D eigenvalue weighted by Crippen LogP contribution is 2.29. The molecule has 0 saturated carbocycles. The van der Waals surface area contributed by atoms with Crippen LogP contribution in [0.5, 0.6) is 0 Å². The zero-order valence-electron chi connectivity index (χ0n) is 11.7. The SMILES string of the molecule is C#CCCO[C@@H]1[C@@H](I)CC(C#N)=CN1Cc1ccccc1. The summed E-state index contributed by atoms with van der Waals surface area (Å²) in [5.74, 6) is 2.59. The van der Waals surface area contributed by atoms with Gasteiger partial charge in [-0.3, -0.25) is 0 Å². The molecule has 2 atom stereocenters. The summed E-state index contributed by atoms with van der Waals surface area (Å²) in [5, 5.41) is 9.18. The number of alkyl halides is 1. The first-order valence-electron chi connectivity index (χ1n) is 6.84. The minimum absolute atomic E-state index is 0.0451. The Morgan fingerprint density at radius 3 is 2.81 bits per heavy atom. The van der Waals surface area contributed by atoms with Gasteiger partial charge in [0.25, 0.3) is 0 Å². The molecule has 0 fully saturated rings. The van der Waals surface area contributed by atoms with Crippen LogP contribution in [-0.2, 0) is 11.3 Å². The number of benzene rings is 1. The first kappa shape index (κ1) is 15.9. The Morgan fingerprint density at radius 2 is 2.14 bits per heavy atom. The van der Waals surface area contributed by atoms with Crippen molar-refractivity contribution in [3.63, 3.8) is 0 Å². The van der Waals surface area contributed by atoms with Crippen molar-refractivity contribution in [2.24, 2.45) is 0 Å². The maximum atomic E-state index is 9.18. The average Bonchev–Trinajstić information content (AvgIpc) is 2.50. The molecule has 21 heavy (non-hydrogen) atoms. The molecule has 0 bridgehead atoms. The summed E-state index contributed by atoms with van der Waals surface area (Å²) in [6, 6.07) is 12.5. The third-order valence-corrected chi connectivity index (χ3v) is 4.32. The molecular weight excluding hydrogens is 375 g/mol. The van der Waals surface area contributed by atoms with Crippen LogP contribution >= 0.6 is 22.6 Å². The van der Waals surface area contributed by atoms with E-state index >= 15 is 0 Å². The van der Waals surface area contributed by atoms with E-state index in [9.17, 15) is 5.26 Å². The molecular formula is C17H17IN2O. The van der Waals surface area contributed by atoms with Crippen molar-refractivity contribution in [2.75, 3.05) is 6.61 Å². The topological polar surface area (TPSA) is 36.3 Å². The van der Waals surface area contributed by atoms with Gasteiger partial charge in [-0.15, -0.1) is 12.3 Å². The fraction of sp³-hybridized carbons (Fsp3) is 0.353. The molecule has 1 heterocycles. The third-order valence-electron chi connectivity index (χ3n) is 3.26. The van der Waals surface area contributed by atoms with Gasteiger partial charge in [0, 0.05) is 24.7 Å². The number of allylic oxidation sites excluding steroid dienone is 1. The summed E-state index contributed by atoms with van der Waals surface area (Å²) in [4.78, 5) is 2.10. The molecule has 0 aliphatic carbocycles. The molecule has 1 aromatic carbocycles. The Hall–Kier alpha value is -1.50. The molecule has 1 aromatic rings. The van der Waals surface area contributed by atoms with E-state index in [-0.39, 0.29) is 10.2 Å². The molecule has 0 unspecified atom stereocenters. The molecule has 1 aliphatic rings. The normalized spacial score (nSPS) is 21.3. The molecule has 0 radical (unpaired) electrons. The number of rotatable bonds is 5. The number of nitriles is 1. The lowest BCUT2D eigenvalue weighted by Gasteiger charge is -2.37. The van der Waals surface area contributed by atoms with Crippen molar-refractivity contribution in [1.82, 2.24) is 4.90 Å². The van der Waals surface area contributed by atoms with Gasteiger partial charge < -0.3 is 9.64 Å². The van der Waals surface area contributed by atoms with E-state index < -0.39 is 0 Å². The number of halogens is 1. The van der Waals surface area contributed by atoms with Gasteiger partial charge in [0.15, 0.2) is 0 Å². The predicted octanol–water partition coefficient (Wildman–Crippen LogP) is 3.47. The lowest BCUT2D eigenvalue weighted by Crippen LogP contribution is -2.43. The minimum atomic E-state index is -0.0451. The van der Waals surface area contributed by atoms with Gasteiger partial charge in [0.1, 0.15) is 6.23 Å². The lowest BCUT2D eigenvalue weighted by atomic mass is 10.1. The van der Waals surface area contributed by atoms with Crippen LogP contribution in [0.2, 0.25) is 0 Å². The first-order chi connectivity index (χ1) is 10.2. The molecule has 0 spiro atoms. The van der Waals surface area contributed by atoms with Crippen molar-refractivity contribution in [3.8, 4) is 18.4 Å². The Kier molecular flexibility index (Phi) is 6.10. The highest BCUT2D eigenvalue weighted by molar-refractivity contribution is 14.1. The van der Waals surface area contributed by atoms with Crippen LogP contribution in [-0.4, -0.2) is 21.7 Å². The van der Waals surface area contributed by atoms with Crippen LogP contribution in [0.1, 0.15) is 18.4 Å². The molecule has 1 aliphatic heterocycles. The molecule has 4 heteroatoms. The first-order valence-corrected chi connectivity index (χ1v) is 8.08. The number of nitrogens with zero attached hydrogens (tertiary/aromatic N) is 2. The molecule has 0 N–H and O–H groups in total. The zero-order chi connectivity index (χ0) is 15.1. The molecule has 2 rings (SSSR count). The summed E-state index contributed by atoms with van der Waals surface area (Å²) in [6.45, 7) is 1.27. The van der Waals surface area contributed by atoms with E-state index in [1.54, 1.807) is 0 Å². The van der Waals surface area contributed by atoms with Gasteiger partial charge >= 0.3 is 0 Å². The van der Waals surface area contributed by atoms with Crippen LogP contribution < -0.4 is 0 Å². The third kappa shape index (κ3) is 4.49. The molecule has 108 valence electrons. The number of ether oxygens (including phenoxy) is 1. The van der Waals surface area contributed by atoms with Gasteiger partial charge in [0.05, 0.1) is 16.6 Å². The van der Waals surface area contributed by atoms with Crippen molar-refractivity contribution in [3.05, 3.63) is 47.7 Å². The van der Waals surface area contributed by atoms with Gasteiger partial charge in [0.2, 0.25) is 0 Å². The molecule has 3 nitrogen and oxygen atoms in total. The maximum absolute atomic E-state index is 9.18. The summed E-state index contributed by atoms with van der Waals surface area (Å²) in [5.41, 5.74) is 1.99. The van der Waals surface area contributed by atoms with Gasteiger partial charge in [-0.25, -0.2) is 0 Å².